The number of hydrogen-bond donors (Lipinski definition) is 0. The molecule has 1 aromatic rings. The number of aromatic nitrogens is 1. The summed E-state index contributed by atoms with van der Waals surface area (Å²) < 4.78 is 0. The molecule has 1 rings (SSSR count). The number of carbonyl (C=O) groups is 1. The van der Waals surface area contributed by atoms with Gasteiger partial charge in [-0.2, -0.15) is 0 Å². The number of rotatable bonds is 4. The molecule has 0 radical (unpaired) electrons. The van der Waals surface area contributed by atoms with E-state index in [9.17, 15) is 4.79 Å². The Morgan fingerprint density at radius 2 is 1.88 bits per heavy atom. The molecule has 4 heteroatoms. The molecule has 0 spiro atoms. The Morgan fingerprint density at radius 1 is 1.25 bits per heavy atom. The highest BCUT2D eigenvalue weighted by molar-refractivity contribution is 5.74. The zero-order valence-corrected chi connectivity index (χ0v) is 10.2. The van der Waals surface area contributed by atoms with Gasteiger partial charge in [0.05, 0.1) is 0 Å². The second kappa shape index (κ2) is 6.10. The predicted octanol–water partition coefficient (Wildman–Crippen LogP) is 1.98. The van der Waals surface area contributed by atoms with Crippen molar-refractivity contribution in [2.75, 3.05) is 20.1 Å². The molecular weight excluding hydrogens is 202 g/mol. The maximum atomic E-state index is 11.9. The fraction of sp³-hybridized carbons (Fsp3) is 0.500. The van der Waals surface area contributed by atoms with Gasteiger partial charge in [0, 0.05) is 39.1 Å². The lowest BCUT2D eigenvalue weighted by molar-refractivity contribution is 0.164. The molecule has 0 aliphatic rings. The first kappa shape index (κ1) is 12.5. The molecule has 1 aromatic heterocycles. The minimum atomic E-state index is 0.0711. The highest BCUT2D eigenvalue weighted by Gasteiger charge is 2.14. The van der Waals surface area contributed by atoms with Gasteiger partial charge in [-0.3, -0.25) is 4.98 Å². The maximum absolute atomic E-state index is 11.9. The van der Waals surface area contributed by atoms with Gasteiger partial charge < -0.3 is 9.80 Å². The van der Waals surface area contributed by atoms with Crippen LogP contribution in [0.15, 0.2) is 24.5 Å². The van der Waals surface area contributed by atoms with Crippen molar-refractivity contribution in [3.8, 4) is 0 Å². The lowest BCUT2D eigenvalue weighted by Gasteiger charge is -2.26. The van der Waals surface area contributed by atoms with E-state index in [2.05, 4.69) is 4.98 Å². The minimum Gasteiger partial charge on any atom is -0.328 e. The van der Waals surface area contributed by atoms with Crippen LogP contribution in [0.3, 0.4) is 0 Å². The van der Waals surface area contributed by atoms with Crippen LogP contribution in [0.4, 0.5) is 4.79 Å². The zero-order valence-electron chi connectivity index (χ0n) is 10.2. The molecule has 0 bridgehead atoms. The van der Waals surface area contributed by atoms with E-state index in [4.69, 9.17) is 0 Å². The summed E-state index contributed by atoms with van der Waals surface area (Å²) in [5.74, 6) is 0. The second-order valence-corrected chi connectivity index (χ2v) is 3.67. The fourth-order valence-electron chi connectivity index (χ4n) is 1.40. The molecule has 0 N–H and O–H groups in total. The van der Waals surface area contributed by atoms with E-state index in [1.165, 1.54) is 0 Å². The summed E-state index contributed by atoms with van der Waals surface area (Å²) in [5.41, 5.74) is 1.11. The highest BCUT2D eigenvalue weighted by Crippen LogP contribution is 2.05. The summed E-state index contributed by atoms with van der Waals surface area (Å²) in [7, 11) is 1.82. The molecule has 0 saturated carbocycles. The van der Waals surface area contributed by atoms with E-state index >= 15 is 0 Å². The standard InChI is InChI=1S/C12H19N3O/c1-4-14(3)12(16)15(5-2)10-11-6-8-13-9-7-11/h6-9H,4-5,10H2,1-3H3. The highest BCUT2D eigenvalue weighted by atomic mass is 16.2. The van der Waals surface area contributed by atoms with Gasteiger partial charge in [-0.15, -0.1) is 0 Å². The molecule has 0 atom stereocenters. The average molecular weight is 221 g/mol. The van der Waals surface area contributed by atoms with Crippen molar-refractivity contribution in [3.63, 3.8) is 0 Å². The Hall–Kier alpha value is -1.58. The smallest absolute Gasteiger partial charge is 0.320 e. The van der Waals surface area contributed by atoms with E-state index in [1.54, 1.807) is 17.3 Å². The van der Waals surface area contributed by atoms with Crippen LogP contribution in [-0.2, 0) is 6.54 Å². The van der Waals surface area contributed by atoms with Crippen LogP contribution in [0, 0.1) is 0 Å². The predicted molar refractivity (Wildman–Crippen MR) is 64.0 cm³/mol. The summed E-state index contributed by atoms with van der Waals surface area (Å²) >= 11 is 0. The van der Waals surface area contributed by atoms with Gasteiger partial charge in [0.25, 0.3) is 0 Å². The van der Waals surface area contributed by atoms with Crippen molar-refractivity contribution in [2.45, 2.75) is 20.4 Å². The van der Waals surface area contributed by atoms with Crippen LogP contribution in [0.2, 0.25) is 0 Å². The molecular formula is C12H19N3O. The third-order valence-electron chi connectivity index (χ3n) is 2.58. The van der Waals surface area contributed by atoms with Crippen molar-refractivity contribution < 1.29 is 4.79 Å². The number of urea groups is 1. The van der Waals surface area contributed by atoms with Crippen LogP contribution < -0.4 is 0 Å². The lowest BCUT2D eigenvalue weighted by atomic mass is 10.2. The Balaban J connectivity index is 2.66. The molecule has 88 valence electrons. The first-order valence-electron chi connectivity index (χ1n) is 5.58. The number of nitrogens with zero attached hydrogens (tertiary/aromatic N) is 3. The Morgan fingerprint density at radius 3 is 2.38 bits per heavy atom. The van der Waals surface area contributed by atoms with Gasteiger partial charge in [0.2, 0.25) is 0 Å². The normalized spacial score (nSPS) is 9.94. The Bertz CT molecular complexity index is 326. The van der Waals surface area contributed by atoms with Crippen molar-refractivity contribution in [2.24, 2.45) is 0 Å². The summed E-state index contributed by atoms with van der Waals surface area (Å²) in [6.45, 7) is 6.04. The van der Waals surface area contributed by atoms with Crippen molar-refractivity contribution in [3.05, 3.63) is 30.1 Å². The quantitative estimate of drug-likeness (QED) is 0.779. The first-order chi connectivity index (χ1) is 7.69. The SMILES string of the molecule is CCN(C)C(=O)N(CC)Cc1ccncc1. The van der Waals surface area contributed by atoms with E-state index in [0.717, 1.165) is 12.1 Å². The maximum Gasteiger partial charge on any atom is 0.320 e. The molecule has 0 aromatic carbocycles. The van der Waals surface area contributed by atoms with Crippen LogP contribution in [0.5, 0.6) is 0 Å². The van der Waals surface area contributed by atoms with Crippen LogP contribution in [0.25, 0.3) is 0 Å². The second-order valence-electron chi connectivity index (χ2n) is 3.67. The summed E-state index contributed by atoms with van der Waals surface area (Å²) in [6.07, 6.45) is 3.49. The monoisotopic (exact) mass is 221 g/mol. The van der Waals surface area contributed by atoms with Gasteiger partial charge in [-0.25, -0.2) is 4.79 Å². The summed E-state index contributed by atoms with van der Waals surface area (Å²) in [6, 6.07) is 3.94. The fourth-order valence-corrected chi connectivity index (χ4v) is 1.40. The third kappa shape index (κ3) is 3.22. The molecule has 0 aliphatic carbocycles. The molecule has 0 fully saturated rings. The van der Waals surface area contributed by atoms with Gasteiger partial charge >= 0.3 is 6.03 Å². The molecule has 0 unspecified atom stereocenters. The molecule has 0 saturated heterocycles. The number of carbonyl (C=O) groups excluding carboxylic acids is 1. The number of amides is 2. The average Bonchev–Trinajstić information content (AvgIpc) is 2.35. The lowest BCUT2D eigenvalue weighted by Crippen LogP contribution is -2.40. The summed E-state index contributed by atoms with van der Waals surface area (Å²) in [4.78, 5) is 19.4. The van der Waals surface area contributed by atoms with Gasteiger partial charge in [0.1, 0.15) is 0 Å². The van der Waals surface area contributed by atoms with Gasteiger partial charge in [-0.05, 0) is 31.5 Å². The van der Waals surface area contributed by atoms with Crippen molar-refractivity contribution >= 4 is 6.03 Å². The van der Waals surface area contributed by atoms with E-state index in [-0.39, 0.29) is 6.03 Å². The molecule has 1 heterocycles. The number of hydrogen-bond acceptors (Lipinski definition) is 2. The van der Waals surface area contributed by atoms with Crippen molar-refractivity contribution in [1.82, 2.24) is 14.8 Å². The van der Waals surface area contributed by atoms with Crippen LogP contribution >= 0.6 is 0 Å². The minimum absolute atomic E-state index is 0.0711. The topological polar surface area (TPSA) is 36.4 Å². The number of pyridine rings is 1. The Kier molecular flexibility index (Phi) is 4.76. The van der Waals surface area contributed by atoms with Crippen molar-refractivity contribution in [1.29, 1.82) is 0 Å². The zero-order chi connectivity index (χ0) is 12.0. The van der Waals surface area contributed by atoms with Crippen LogP contribution in [0.1, 0.15) is 19.4 Å². The van der Waals surface area contributed by atoms with E-state index in [0.29, 0.717) is 13.1 Å². The Labute approximate surface area is 96.9 Å². The largest absolute Gasteiger partial charge is 0.328 e. The molecule has 2 amide bonds. The third-order valence-corrected chi connectivity index (χ3v) is 2.58. The van der Waals surface area contributed by atoms with Gasteiger partial charge in [0.15, 0.2) is 0 Å². The molecule has 4 nitrogen and oxygen atoms in total. The van der Waals surface area contributed by atoms with E-state index in [1.807, 2.05) is 37.9 Å². The van der Waals surface area contributed by atoms with E-state index < -0.39 is 0 Å². The molecule has 16 heavy (non-hydrogen) atoms. The van der Waals surface area contributed by atoms with Gasteiger partial charge in [-0.1, -0.05) is 0 Å². The van der Waals surface area contributed by atoms with Crippen LogP contribution in [-0.4, -0.2) is 41.0 Å². The summed E-state index contributed by atoms with van der Waals surface area (Å²) in [5, 5.41) is 0. The first-order valence-corrected chi connectivity index (χ1v) is 5.58. The molecule has 0 aliphatic heterocycles.